The first-order chi connectivity index (χ1) is 10.1. The molecular formula is C17H18O4. The molecule has 0 bridgehead atoms. The van der Waals surface area contributed by atoms with Gasteiger partial charge in [-0.25, -0.2) is 4.79 Å². The Morgan fingerprint density at radius 3 is 2.48 bits per heavy atom. The second kappa shape index (κ2) is 6.79. The molecule has 110 valence electrons. The van der Waals surface area contributed by atoms with Crippen molar-refractivity contribution >= 4 is 5.97 Å². The lowest BCUT2D eigenvalue weighted by atomic mass is 10.1. The molecule has 0 amide bonds. The number of rotatable bonds is 6. The summed E-state index contributed by atoms with van der Waals surface area (Å²) in [6, 6.07) is 14.7. The van der Waals surface area contributed by atoms with E-state index in [0.29, 0.717) is 11.5 Å². The molecule has 0 aliphatic rings. The van der Waals surface area contributed by atoms with Crippen molar-refractivity contribution in [1.82, 2.24) is 0 Å². The van der Waals surface area contributed by atoms with Gasteiger partial charge < -0.3 is 14.6 Å². The van der Waals surface area contributed by atoms with Gasteiger partial charge in [0, 0.05) is 6.42 Å². The van der Waals surface area contributed by atoms with E-state index in [-0.39, 0.29) is 6.42 Å². The number of aryl methyl sites for hydroxylation is 1. The Labute approximate surface area is 123 Å². The van der Waals surface area contributed by atoms with E-state index in [1.54, 1.807) is 19.2 Å². The third-order valence-electron chi connectivity index (χ3n) is 3.13. The first-order valence-corrected chi connectivity index (χ1v) is 6.67. The number of carboxylic acids is 1. The van der Waals surface area contributed by atoms with Gasteiger partial charge in [0.1, 0.15) is 11.5 Å². The number of benzene rings is 2. The predicted octanol–water partition coefficient (Wildman–Crippen LogP) is 3.08. The quantitative estimate of drug-likeness (QED) is 0.886. The number of hydrogen-bond donors (Lipinski definition) is 1. The maximum Gasteiger partial charge on any atom is 0.345 e. The maximum absolute atomic E-state index is 11.4. The van der Waals surface area contributed by atoms with Gasteiger partial charge >= 0.3 is 5.97 Å². The summed E-state index contributed by atoms with van der Waals surface area (Å²) in [6.07, 6.45) is -0.653. The number of carboxylic acid groups (broad SMARTS) is 1. The standard InChI is InChI=1S/C17H18O4/c1-12-6-8-14(9-7-12)21-16(17(18)19)11-13-4-3-5-15(10-13)20-2/h3-10,16H,11H2,1-2H3,(H,18,19)/t16-/m0/s1. The van der Waals surface area contributed by atoms with E-state index < -0.39 is 12.1 Å². The summed E-state index contributed by atoms with van der Waals surface area (Å²) < 4.78 is 10.7. The van der Waals surface area contributed by atoms with Crippen LogP contribution < -0.4 is 9.47 Å². The third-order valence-corrected chi connectivity index (χ3v) is 3.13. The summed E-state index contributed by atoms with van der Waals surface area (Å²) in [5.74, 6) is 0.265. The molecule has 0 radical (unpaired) electrons. The molecule has 0 saturated carbocycles. The van der Waals surface area contributed by atoms with Crippen LogP contribution in [0, 0.1) is 6.92 Å². The Bertz CT molecular complexity index is 604. The van der Waals surface area contributed by atoms with Crippen LogP contribution in [0.25, 0.3) is 0 Å². The van der Waals surface area contributed by atoms with E-state index >= 15 is 0 Å². The van der Waals surface area contributed by atoms with Crippen LogP contribution in [0.15, 0.2) is 48.5 Å². The van der Waals surface area contributed by atoms with E-state index in [9.17, 15) is 9.90 Å². The monoisotopic (exact) mass is 286 g/mol. The molecule has 21 heavy (non-hydrogen) atoms. The molecule has 2 aromatic carbocycles. The average Bonchev–Trinajstić information content (AvgIpc) is 2.49. The van der Waals surface area contributed by atoms with Crippen LogP contribution in [0.2, 0.25) is 0 Å². The van der Waals surface area contributed by atoms with E-state index in [2.05, 4.69) is 0 Å². The van der Waals surface area contributed by atoms with Crippen molar-refractivity contribution in [3.63, 3.8) is 0 Å². The van der Waals surface area contributed by atoms with Crippen molar-refractivity contribution in [1.29, 1.82) is 0 Å². The third kappa shape index (κ3) is 4.24. The van der Waals surface area contributed by atoms with Gasteiger partial charge in [0.05, 0.1) is 7.11 Å². The van der Waals surface area contributed by atoms with E-state index in [1.165, 1.54) is 0 Å². The summed E-state index contributed by atoms with van der Waals surface area (Å²) in [5, 5.41) is 9.32. The summed E-state index contributed by atoms with van der Waals surface area (Å²) in [4.78, 5) is 11.4. The van der Waals surface area contributed by atoms with Gasteiger partial charge in [-0.3, -0.25) is 0 Å². The lowest BCUT2D eigenvalue weighted by molar-refractivity contribution is -0.145. The highest BCUT2D eigenvalue weighted by Crippen LogP contribution is 2.18. The number of ether oxygens (including phenoxy) is 2. The highest BCUT2D eigenvalue weighted by Gasteiger charge is 2.20. The predicted molar refractivity (Wildman–Crippen MR) is 79.9 cm³/mol. The molecule has 0 spiro atoms. The summed E-state index contributed by atoms with van der Waals surface area (Å²) in [6.45, 7) is 1.97. The second-order valence-corrected chi connectivity index (χ2v) is 4.81. The normalized spacial score (nSPS) is 11.7. The first kappa shape index (κ1) is 14.9. The zero-order valence-corrected chi connectivity index (χ0v) is 12.1. The molecule has 4 nitrogen and oxygen atoms in total. The average molecular weight is 286 g/mol. The topological polar surface area (TPSA) is 55.8 Å². The molecule has 0 saturated heterocycles. The SMILES string of the molecule is COc1cccc(C[C@H](Oc2ccc(C)cc2)C(=O)O)c1. The molecule has 2 aromatic rings. The number of aliphatic carboxylic acids is 1. The van der Waals surface area contributed by atoms with Crippen molar-refractivity contribution in [2.75, 3.05) is 7.11 Å². The van der Waals surface area contributed by atoms with Gasteiger partial charge in [0.25, 0.3) is 0 Å². The second-order valence-electron chi connectivity index (χ2n) is 4.81. The van der Waals surface area contributed by atoms with Crippen LogP contribution in [-0.2, 0) is 11.2 Å². The summed E-state index contributed by atoms with van der Waals surface area (Å²) in [7, 11) is 1.58. The molecule has 0 fully saturated rings. The molecule has 0 aliphatic carbocycles. The van der Waals surface area contributed by atoms with Crippen LogP contribution in [0.5, 0.6) is 11.5 Å². The van der Waals surface area contributed by atoms with Crippen molar-refractivity contribution in [2.45, 2.75) is 19.4 Å². The zero-order valence-electron chi connectivity index (χ0n) is 12.1. The van der Waals surface area contributed by atoms with Gasteiger partial charge in [0.2, 0.25) is 0 Å². The van der Waals surface area contributed by atoms with Crippen LogP contribution >= 0.6 is 0 Å². The van der Waals surface area contributed by atoms with Crippen LogP contribution in [0.3, 0.4) is 0 Å². The number of hydrogen-bond acceptors (Lipinski definition) is 3. The maximum atomic E-state index is 11.4. The van der Waals surface area contributed by atoms with Gasteiger partial charge in [-0.1, -0.05) is 29.8 Å². The molecule has 0 heterocycles. The minimum Gasteiger partial charge on any atom is -0.497 e. The van der Waals surface area contributed by atoms with E-state index in [4.69, 9.17) is 9.47 Å². The molecular weight excluding hydrogens is 268 g/mol. The fourth-order valence-corrected chi connectivity index (χ4v) is 1.97. The van der Waals surface area contributed by atoms with E-state index in [1.807, 2.05) is 43.3 Å². The van der Waals surface area contributed by atoms with Crippen LogP contribution in [0.1, 0.15) is 11.1 Å². The number of methoxy groups -OCH3 is 1. The van der Waals surface area contributed by atoms with Crippen molar-refractivity contribution in [3.8, 4) is 11.5 Å². The zero-order chi connectivity index (χ0) is 15.2. The van der Waals surface area contributed by atoms with Crippen molar-refractivity contribution in [2.24, 2.45) is 0 Å². The Balaban J connectivity index is 2.11. The highest BCUT2D eigenvalue weighted by molar-refractivity contribution is 5.73. The van der Waals surface area contributed by atoms with Crippen LogP contribution in [0.4, 0.5) is 0 Å². The van der Waals surface area contributed by atoms with Gasteiger partial charge in [-0.15, -0.1) is 0 Å². The Morgan fingerprint density at radius 2 is 1.86 bits per heavy atom. The molecule has 2 rings (SSSR count). The van der Waals surface area contributed by atoms with Crippen molar-refractivity contribution < 1.29 is 19.4 Å². The summed E-state index contributed by atoms with van der Waals surface area (Å²) >= 11 is 0. The number of carbonyl (C=O) groups is 1. The van der Waals surface area contributed by atoms with Crippen molar-refractivity contribution in [3.05, 3.63) is 59.7 Å². The molecule has 0 aromatic heterocycles. The minimum absolute atomic E-state index is 0.278. The van der Waals surface area contributed by atoms with E-state index in [0.717, 1.165) is 11.1 Å². The molecule has 0 unspecified atom stereocenters. The smallest absolute Gasteiger partial charge is 0.345 e. The lowest BCUT2D eigenvalue weighted by Gasteiger charge is -2.15. The molecule has 4 heteroatoms. The summed E-state index contributed by atoms with van der Waals surface area (Å²) in [5.41, 5.74) is 1.95. The largest absolute Gasteiger partial charge is 0.497 e. The minimum atomic E-state index is -0.988. The fraction of sp³-hybridized carbons (Fsp3) is 0.235. The highest BCUT2D eigenvalue weighted by atomic mass is 16.5. The Kier molecular flexibility index (Phi) is 4.82. The van der Waals surface area contributed by atoms with Gasteiger partial charge in [-0.05, 0) is 36.8 Å². The Morgan fingerprint density at radius 1 is 1.14 bits per heavy atom. The molecule has 0 aliphatic heterocycles. The van der Waals surface area contributed by atoms with Gasteiger partial charge in [-0.2, -0.15) is 0 Å². The lowest BCUT2D eigenvalue weighted by Crippen LogP contribution is -2.29. The van der Waals surface area contributed by atoms with Gasteiger partial charge in [0.15, 0.2) is 6.10 Å². The molecule has 1 N–H and O–H groups in total. The van der Waals surface area contributed by atoms with Crippen LogP contribution in [-0.4, -0.2) is 24.3 Å². The molecule has 1 atom stereocenters. The first-order valence-electron chi connectivity index (χ1n) is 6.67. The fourth-order valence-electron chi connectivity index (χ4n) is 1.97. The Hall–Kier alpha value is -2.49.